The summed E-state index contributed by atoms with van der Waals surface area (Å²) in [5.74, 6) is -0.422. The van der Waals surface area contributed by atoms with Crippen LogP contribution >= 0.6 is 11.3 Å². The average Bonchev–Trinajstić information content (AvgIpc) is 3.05. The number of sulfonamides is 1. The zero-order valence-electron chi connectivity index (χ0n) is 14.9. The minimum absolute atomic E-state index is 0.0357. The summed E-state index contributed by atoms with van der Waals surface area (Å²) in [7, 11) is -3.69. The topological polar surface area (TPSA) is 92.3 Å². The van der Waals surface area contributed by atoms with Crippen molar-refractivity contribution in [3.63, 3.8) is 0 Å². The van der Waals surface area contributed by atoms with E-state index in [0.717, 1.165) is 0 Å². The molecule has 8 heteroatoms. The zero-order chi connectivity index (χ0) is 19.4. The number of rotatable bonds is 7. The smallest absolute Gasteiger partial charge is 0.241 e. The Morgan fingerprint density at radius 2 is 1.81 bits per heavy atom. The molecule has 0 spiro atoms. The second-order valence-electron chi connectivity index (χ2n) is 6.83. The Bertz CT molecular complexity index is 882. The summed E-state index contributed by atoms with van der Waals surface area (Å²) >= 11 is 1.34. The fraction of sp³-hybridized carbons (Fsp3) is 0.333. The van der Waals surface area contributed by atoms with Crippen molar-refractivity contribution in [3.05, 3.63) is 46.7 Å². The summed E-state index contributed by atoms with van der Waals surface area (Å²) in [5.41, 5.74) is -0.240. The molecule has 0 aliphatic heterocycles. The van der Waals surface area contributed by atoms with Gasteiger partial charge in [0.15, 0.2) is 5.78 Å². The number of hydrogen-bond acceptors (Lipinski definition) is 5. The minimum atomic E-state index is -3.69. The average molecular weight is 395 g/mol. The summed E-state index contributed by atoms with van der Waals surface area (Å²) < 4.78 is 27.3. The molecule has 0 unspecified atom stereocenters. The van der Waals surface area contributed by atoms with Crippen LogP contribution in [0.3, 0.4) is 0 Å². The lowest BCUT2D eigenvalue weighted by molar-refractivity contribution is -0.116. The van der Waals surface area contributed by atoms with Crippen molar-refractivity contribution in [1.29, 1.82) is 0 Å². The highest BCUT2D eigenvalue weighted by Crippen LogP contribution is 2.18. The normalized spacial score (nSPS) is 12.0. The molecule has 2 aromatic rings. The Hall–Kier alpha value is -2.03. The van der Waals surface area contributed by atoms with Crippen LogP contribution in [0.2, 0.25) is 0 Å². The van der Waals surface area contributed by atoms with Crippen LogP contribution in [0.15, 0.2) is 46.7 Å². The van der Waals surface area contributed by atoms with Crippen LogP contribution in [-0.2, 0) is 14.8 Å². The van der Waals surface area contributed by atoms with E-state index in [1.165, 1.54) is 23.5 Å². The molecule has 6 nitrogen and oxygen atoms in total. The number of Topliss-reactive ketones (excluding diaryl/α,β-unsaturated/α-hetero) is 1. The van der Waals surface area contributed by atoms with Crippen molar-refractivity contribution < 1.29 is 18.0 Å². The fourth-order valence-corrected chi connectivity index (χ4v) is 4.37. The molecule has 0 saturated heterocycles. The second-order valence-corrected chi connectivity index (χ2v) is 9.46. The first-order chi connectivity index (χ1) is 12.1. The number of amides is 1. The molecule has 1 aromatic heterocycles. The molecular formula is C18H22N2O4S2. The Morgan fingerprint density at radius 1 is 1.08 bits per heavy atom. The van der Waals surface area contributed by atoms with E-state index >= 15 is 0 Å². The molecule has 1 aromatic carbocycles. The number of benzene rings is 1. The van der Waals surface area contributed by atoms with Crippen LogP contribution in [0.4, 0.5) is 5.69 Å². The highest BCUT2D eigenvalue weighted by molar-refractivity contribution is 7.89. The minimum Gasteiger partial charge on any atom is -0.326 e. The lowest BCUT2D eigenvalue weighted by Gasteiger charge is -2.20. The first kappa shape index (κ1) is 20.3. The van der Waals surface area contributed by atoms with E-state index < -0.39 is 15.6 Å². The van der Waals surface area contributed by atoms with E-state index in [-0.39, 0.29) is 29.4 Å². The highest BCUT2D eigenvalue weighted by atomic mass is 32.2. The van der Waals surface area contributed by atoms with Crippen molar-refractivity contribution in [1.82, 2.24) is 4.72 Å². The molecule has 0 atom stereocenters. The molecule has 0 aliphatic rings. The Balaban J connectivity index is 1.99. The molecule has 1 amide bonds. The Labute approximate surface area is 157 Å². The zero-order valence-corrected chi connectivity index (χ0v) is 16.5. The van der Waals surface area contributed by atoms with E-state index in [9.17, 15) is 18.0 Å². The van der Waals surface area contributed by atoms with Crippen LogP contribution in [0, 0.1) is 0 Å². The van der Waals surface area contributed by atoms with Crippen LogP contribution in [-0.4, -0.2) is 25.6 Å². The number of ketones is 1. The van der Waals surface area contributed by atoms with Gasteiger partial charge < -0.3 is 5.32 Å². The third-order valence-electron chi connectivity index (χ3n) is 3.24. The van der Waals surface area contributed by atoms with Crippen molar-refractivity contribution in [3.8, 4) is 0 Å². The van der Waals surface area contributed by atoms with E-state index in [1.54, 1.807) is 45.0 Å². The van der Waals surface area contributed by atoms with E-state index in [1.807, 2.05) is 5.38 Å². The van der Waals surface area contributed by atoms with Gasteiger partial charge in [0.1, 0.15) is 0 Å². The van der Waals surface area contributed by atoms with Gasteiger partial charge in [0.2, 0.25) is 15.9 Å². The molecule has 2 rings (SSSR count). The molecule has 0 bridgehead atoms. The molecule has 0 aliphatic carbocycles. The Morgan fingerprint density at radius 3 is 2.42 bits per heavy atom. The highest BCUT2D eigenvalue weighted by Gasteiger charge is 2.22. The van der Waals surface area contributed by atoms with Gasteiger partial charge in [-0.1, -0.05) is 12.1 Å². The number of carbonyl (C=O) groups is 2. The molecule has 0 fully saturated rings. The number of anilines is 1. The Kier molecular flexibility index (Phi) is 6.33. The summed E-state index contributed by atoms with van der Waals surface area (Å²) in [6.07, 6.45) is 0.143. The fourth-order valence-electron chi connectivity index (χ4n) is 2.21. The van der Waals surface area contributed by atoms with E-state index in [4.69, 9.17) is 0 Å². The molecule has 0 radical (unpaired) electrons. The van der Waals surface area contributed by atoms with Crippen LogP contribution < -0.4 is 10.0 Å². The summed E-state index contributed by atoms with van der Waals surface area (Å²) in [6, 6.07) is 9.53. The second kappa shape index (κ2) is 8.11. The summed E-state index contributed by atoms with van der Waals surface area (Å²) in [6.45, 7) is 5.25. The van der Waals surface area contributed by atoms with Gasteiger partial charge in [0.25, 0.3) is 0 Å². The van der Waals surface area contributed by atoms with Crippen molar-refractivity contribution in [2.45, 2.75) is 44.0 Å². The molecule has 2 N–H and O–H groups in total. The maximum Gasteiger partial charge on any atom is 0.241 e. The first-order valence-electron chi connectivity index (χ1n) is 8.07. The number of hydrogen-bond donors (Lipinski definition) is 2. The maximum atomic E-state index is 12.4. The monoisotopic (exact) mass is 394 g/mol. The van der Waals surface area contributed by atoms with Gasteiger partial charge in [-0.2, -0.15) is 0 Å². The number of thiophene rings is 1. The number of carbonyl (C=O) groups excluding carboxylic acids is 2. The van der Waals surface area contributed by atoms with Gasteiger partial charge in [-0.25, -0.2) is 13.1 Å². The molecule has 140 valence electrons. The third kappa shape index (κ3) is 6.05. The van der Waals surface area contributed by atoms with Gasteiger partial charge in [-0.3, -0.25) is 9.59 Å². The lowest BCUT2D eigenvalue weighted by atomic mass is 10.1. The molecular weight excluding hydrogens is 372 g/mol. The van der Waals surface area contributed by atoms with Gasteiger partial charge in [-0.15, -0.1) is 11.3 Å². The number of nitrogens with one attached hydrogen (secondary N) is 2. The van der Waals surface area contributed by atoms with E-state index in [2.05, 4.69) is 10.0 Å². The predicted octanol–water partition coefficient (Wildman–Crippen LogP) is 3.43. The van der Waals surface area contributed by atoms with Gasteiger partial charge in [0, 0.05) is 24.1 Å². The van der Waals surface area contributed by atoms with Crippen LogP contribution in [0.1, 0.15) is 43.3 Å². The van der Waals surface area contributed by atoms with Gasteiger partial charge in [-0.05, 0) is 50.4 Å². The lowest BCUT2D eigenvalue weighted by Crippen LogP contribution is -2.40. The molecule has 0 saturated carbocycles. The van der Waals surface area contributed by atoms with Crippen molar-refractivity contribution in [2.75, 3.05) is 5.32 Å². The quantitative estimate of drug-likeness (QED) is 0.704. The standard InChI is InChI=1S/C18H22N2O4S2/c1-18(2,3)20-26(23,24)14-7-4-6-13(12-14)19-17(22)10-9-15(21)16-8-5-11-25-16/h4-8,11-12,20H,9-10H2,1-3H3,(H,19,22). The first-order valence-corrected chi connectivity index (χ1v) is 10.4. The van der Waals surface area contributed by atoms with Gasteiger partial charge in [0.05, 0.1) is 9.77 Å². The maximum absolute atomic E-state index is 12.4. The van der Waals surface area contributed by atoms with Crippen LogP contribution in [0.25, 0.3) is 0 Å². The largest absolute Gasteiger partial charge is 0.326 e. The van der Waals surface area contributed by atoms with E-state index in [0.29, 0.717) is 10.6 Å². The third-order valence-corrected chi connectivity index (χ3v) is 5.91. The SMILES string of the molecule is CC(C)(C)NS(=O)(=O)c1cccc(NC(=O)CCC(=O)c2cccs2)c1. The van der Waals surface area contributed by atoms with Crippen LogP contribution in [0.5, 0.6) is 0 Å². The predicted molar refractivity (Wildman–Crippen MR) is 103 cm³/mol. The summed E-state index contributed by atoms with van der Waals surface area (Å²) in [5, 5.41) is 4.45. The molecule has 1 heterocycles. The van der Waals surface area contributed by atoms with Gasteiger partial charge >= 0.3 is 0 Å². The van der Waals surface area contributed by atoms with Crippen molar-refractivity contribution in [2.24, 2.45) is 0 Å². The summed E-state index contributed by atoms with van der Waals surface area (Å²) in [4.78, 5) is 24.7. The van der Waals surface area contributed by atoms with Crippen molar-refractivity contribution >= 4 is 38.7 Å². The molecule has 26 heavy (non-hydrogen) atoms.